The van der Waals surface area contributed by atoms with Gasteiger partial charge >= 0.3 is 0 Å². The van der Waals surface area contributed by atoms with E-state index in [2.05, 4.69) is 204 Å². The average molecular weight is 837 g/mol. The number of hydrogen-bond acceptors (Lipinski definition) is 0. The molecule has 5 aromatic carbocycles. The standard InChI is InChI=1S/C62H81B/c1-37-28-40(4)56-49(29-37)45(24-21-42-31-43(57(6,7)8)22-20-38(42)2)46-25-23-44(58(9,10)11)32-54(46)63(56)55-35-53-51(59(12,13)26-27-60(53,14)15)34-48(55)41(5)47-33-52-50(30-39(47)3)61(16,17)36-62(52,18)19/h20,22-23,25,28-35,41,45H,21,24,26-27,36H2,1-19H3. The van der Waals surface area contributed by atoms with Gasteiger partial charge in [-0.3, -0.25) is 0 Å². The second kappa shape index (κ2) is 15.1. The van der Waals surface area contributed by atoms with E-state index in [-0.39, 0.29) is 45.1 Å². The van der Waals surface area contributed by atoms with Crippen LogP contribution in [0, 0.1) is 27.7 Å². The first-order chi connectivity index (χ1) is 29.0. The van der Waals surface area contributed by atoms with Crippen LogP contribution in [0.2, 0.25) is 0 Å². The zero-order valence-electron chi connectivity index (χ0n) is 43.2. The number of rotatable bonds is 6. The fraction of sp³-hybridized carbons (Fsp3) is 0.516. The van der Waals surface area contributed by atoms with Crippen molar-refractivity contribution in [2.45, 2.75) is 208 Å². The first-order valence-corrected chi connectivity index (χ1v) is 24.7. The third kappa shape index (κ3) is 7.92. The molecule has 0 N–H and O–H groups in total. The highest BCUT2D eigenvalue weighted by atomic mass is 14.5. The second-order valence-corrected chi connectivity index (χ2v) is 25.8. The van der Waals surface area contributed by atoms with Crippen LogP contribution in [0.15, 0.2) is 72.8 Å². The Kier molecular flexibility index (Phi) is 11.0. The predicted molar refractivity (Wildman–Crippen MR) is 277 cm³/mol. The molecule has 0 saturated heterocycles. The van der Waals surface area contributed by atoms with Crippen LogP contribution in [0.4, 0.5) is 0 Å². The number of fused-ring (bicyclic) bond motifs is 4. The Bertz CT molecular complexity index is 2620. The van der Waals surface area contributed by atoms with Gasteiger partial charge in [-0.1, -0.05) is 204 Å². The van der Waals surface area contributed by atoms with Crippen molar-refractivity contribution < 1.29 is 0 Å². The van der Waals surface area contributed by atoms with Crippen LogP contribution in [-0.4, -0.2) is 6.71 Å². The lowest BCUT2D eigenvalue weighted by Crippen LogP contribution is -2.60. The van der Waals surface area contributed by atoms with Crippen molar-refractivity contribution in [2.24, 2.45) is 0 Å². The fourth-order valence-electron chi connectivity index (χ4n) is 13.0. The SMILES string of the molecule is Cc1cc(C)c2c(c1)C(CCc1cc(C(C)(C)C)ccc1C)c1ccc(C(C)(C)C)cc1B2c1cc2c(cc1C(C)c1cc3c(cc1C)C(C)(C)CC3(C)C)C(C)(C)CCC2(C)C. The van der Waals surface area contributed by atoms with Crippen molar-refractivity contribution in [1.82, 2.24) is 0 Å². The summed E-state index contributed by atoms with van der Waals surface area (Å²) in [5.74, 6) is 0.546. The van der Waals surface area contributed by atoms with Gasteiger partial charge in [0.2, 0.25) is 6.71 Å². The molecule has 0 radical (unpaired) electrons. The highest BCUT2D eigenvalue weighted by molar-refractivity contribution is 6.97. The van der Waals surface area contributed by atoms with Gasteiger partial charge in [0.15, 0.2) is 0 Å². The van der Waals surface area contributed by atoms with Crippen LogP contribution in [0.1, 0.15) is 225 Å². The molecule has 2 atom stereocenters. The quantitative estimate of drug-likeness (QED) is 0.150. The molecule has 8 rings (SSSR count). The minimum absolute atomic E-state index is 0.0300. The van der Waals surface area contributed by atoms with Gasteiger partial charge in [-0.2, -0.15) is 0 Å². The maximum atomic E-state index is 2.76. The van der Waals surface area contributed by atoms with Crippen molar-refractivity contribution in [2.75, 3.05) is 0 Å². The van der Waals surface area contributed by atoms with Crippen LogP contribution < -0.4 is 16.4 Å². The molecule has 1 heteroatoms. The lowest BCUT2D eigenvalue weighted by molar-refractivity contribution is 0.332. The Morgan fingerprint density at radius 3 is 1.70 bits per heavy atom. The molecule has 0 amide bonds. The molecule has 0 nitrogen and oxygen atoms in total. The van der Waals surface area contributed by atoms with Gasteiger partial charge in [-0.05, 0) is 165 Å². The third-order valence-corrected chi connectivity index (χ3v) is 16.8. The zero-order valence-corrected chi connectivity index (χ0v) is 43.2. The minimum atomic E-state index is 0.0300. The van der Waals surface area contributed by atoms with E-state index in [9.17, 15) is 0 Å². The molecule has 0 spiro atoms. The molecular weight excluding hydrogens is 755 g/mol. The Morgan fingerprint density at radius 1 is 0.540 bits per heavy atom. The lowest BCUT2D eigenvalue weighted by atomic mass is 9.30. The van der Waals surface area contributed by atoms with Crippen molar-refractivity contribution >= 4 is 23.1 Å². The number of hydrogen-bond donors (Lipinski definition) is 0. The third-order valence-electron chi connectivity index (χ3n) is 16.8. The normalized spacial score (nSPS) is 19.9. The smallest absolute Gasteiger partial charge is 0.0646 e. The van der Waals surface area contributed by atoms with Gasteiger partial charge in [0, 0.05) is 11.8 Å². The second-order valence-electron chi connectivity index (χ2n) is 25.8. The highest BCUT2D eigenvalue weighted by Gasteiger charge is 2.45. The van der Waals surface area contributed by atoms with Crippen molar-refractivity contribution in [1.29, 1.82) is 0 Å². The molecule has 1 aliphatic heterocycles. The molecule has 2 aliphatic carbocycles. The molecule has 332 valence electrons. The Labute approximate surface area is 385 Å². The van der Waals surface area contributed by atoms with Crippen molar-refractivity contribution in [3.8, 4) is 0 Å². The molecular formula is C62H81B. The van der Waals surface area contributed by atoms with Gasteiger partial charge in [0.1, 0.15) is 0 Å². The Hall–Kier alpha value is -3.84. The van der Waals surface area contributed by atoms with Crippen LogP contribution in [0.3, 0.4) is 0 Å². The summed E-state index contributed by atoms with van der Waals surface area (Å²) in [7, 11) is 0. The monoisotopic (exact) mass is 837 g/mol. The Balaban J connectivity index is 1.41. The summed E-state index contributed by atoms with van der Waals surface area (Å²) >= 11 is 0. The fourth-order valence-corrected chi connectivity index (χ4v) is 13.0. The van der Waals surface area contributed by atoms with E-state index in [4.69, 9.17) is 0 Å². The van der Waals surface area contributed by atoms with E-state index < -0.39 is 0 Å². The van der Waals surface area contributed by atoms with Gasteiger partial charge < -0.3 is 0 Å². The van der Waals surface area contributed by atoms with E-state index in [0.29, 0.717) is 5.92 Å². The molecule has 0 fully saturated rings. The van der Waals surface area contributed by atoms with E-state index in [1.807, 2.05) is 0 Å². The van der Waals surface area contributed by atoms with E-state index in [1.165, 1.54) is 85.8 Å². The molecule has 0 aromatic heterocycles. The van der Waals surface area contributed by atoms with Crippen LogP contribution in [0.5, 0.6) is 0 Å². The Morgan fingerprint density at radius 2 is 1.08 bits per heavy atom. The van der Waals surface area contributed by atoms with Crippen molar-refractivity contribution in [3.05, 3.63) is 156 Å². The van der Waals surface area contributed by atoms with Gasteiger partial charge in [0.25, 0.3) is 0 Å². The van der Waals surface area contributed by atoms with Crippen LogP contribution in [0.25, 0.3) is 0 Å². The predicted octanol–water partition coefficient (Wildman–Crippen LogP) is 14.6. The lowest BCUT2D eigenvalue weighted by Gasteiger charge is -2.44. The molecule has 5 aromatic rings. The van der Waals surface area contributed by atoms with E-state index >= 15 is 0 Å². The topological polar surface area (TPSA) is 0 Å². The highest BCUT2D eigenvalue weighted by Crippen LogP contribution is 2.52. The summed E-state index contributed by atoms with van der Waals surface area (Å²) < 4.78 is 0. The maximum Gasteiger partial charge on any atom is 0.242 e. The zero-order chi connectivity index (χ0) is 46.1. The average Bonchev–Trinajstić information content (AvgIpc) is 3.35. The summed E-state index contributed by atoms with van der Waals surface area (Å²) in [5, 5.41) is 0. The molecule has 0 saturated carbocycles. The maximum absolute atomic E-state index is 2.76. The number of aryl methyl sites for hydroxylation is 5. The first kappa shape index (κ1) is 45.7. The molecule has 2 unspecified atom stereocenters. The largest absolute Gasteiger partial charge is 0.242 e. The minimum Gasteiger partial charge on any atom is -0.0646 e. The summed E-state index contributed by atoms with van der Waals surface area (Å²) in [5.41, 5.74) is 27.6. The molecule has 0 bridgehead atoms. The molecule has 3 aliphatic rings. The summed E-state index contributed by atoms with van der Waals surface area (Å²) in [6, 6.07) is 30.7. The van der Waals surface area contributed by atoms with Crippen molar-refractivity contribution in [3.63, 3.8) is 0 Å². The van der Waals surface area contributed by atoms with Crippen LogP contribution >= 0.6 is 0 Å². The van der Waals surface area contributed by atoms with E-state index in [0.717, 1.165) is 12.8 Å². The summed E-state index contributed by atoms with van der Waals surface area (Å²) in [4.78, 5) is 0. The van der Waals surface area contributed by atoms with Gasteiger partial charge in [-0.15, -0.1) is 0 Å². The number of benzene rings is 5. The van der Waals surface area contributed by atoms with Gasteiger partial charge in [-0.25, -0.2) is 0 Å². The van der Waals surface area contributed by atoms with E-state index in [1.54, 1.807) is 33.3 Å². The van der Waals surface area contributed by atoms with Gasteiger partial charge in [0.05, 0.1) is 0 Å². The van der Waals surface area contributed by atoms with Crippen LogP contribution in [-0.2, 0) is 38.9 Å². The first-order valence-electron chi connectivity index (χ1n) is 24.7. The summed E-state index contributed by atoms with van der Waals surface area (Å²) in [6.45, 7) is 46.3. The molecule has 1 heterocycles. The molecule has 63 heavy (non-hydrogen) atoms. The summed E-state index contributed by atoms with van der Waals surface area (Å²) in [6.07, 6.45) is 5.76.